The van der Waals surface area contributed by atoms with Crippen LogP contribution in [0.1, 0.15) is 24.1 Å². The Morgan fingerprint density at radius 3 is 2.90 bits per heavy atom. The lowest BCUT2D eigenvalue weighted by Crippen LogP contribution is -2.38. The van der Waals surface area contributed by atoms with Crippen LogP contribution in [0.2, 0.25) is 0 Å². The summed E-state index contributed by atoms with van der Waals surface area (Å²) in [6.45, 7) is 3.35. The average Bonchev–Trinajstić information content (AvgIpc) is 2.74. The minimum absolute atomic E-state index is 0.315. The van der Waals surface area contributed by atoms with Gasteiger partial charge in [-0.1, -0.05) is 6.07 Å². The second-order valence-corrected chi connectivity index (χ2v) is 7.09. The second kappa shape index (κ2) is 8.32. The third-order valence-electron chi connectivity index (χ3n) is 4.83. The maximum Gasteiger partial charge on any atom is 0.132 e. The lowest BCUT2D eigenvalue weighted by molar-refractivity contribution is 0.154. The highest BCUT2D eigenvalue weighted by molar-refractivity contribution is 5.88. The van der Waals surface area contributed by atoms with Crippen molar-refractivity contribution in [2.75, 3.05) is 23.3 Å². The number of aliphatic hydroxyl groups is 1. The van der Waals surface area contributed by atoms with Crippen LogP contribution in [-0.4, -0.2) is 50.5 Å². The van der Waals surface area contributed by atoms with Gasteiger partial charge in [0.15, 0.2) is 0 Å². The molecule has 1 fully saturated rings. The van der Waals surface area contributed by atoms with Gasteiger partial charge in [-0.15, -0.1) is 0 Å². The number of rotatable bonds is 5. The lowest BCUT2D eigenvalue weighted by atomic mass is 10.1. The number of aryl methyl sites for hydroxylation is 1. The van der Waals surface area contributed by atoms with Crippen molar-refractivity contribution in [2.45, 2.75) is 25.9 Å². The molecule has 4 heterocycles. The number of piperidine rings is 1. The van der Waals surface area contributed by atoms with E-state index in [-0.39, 0.29) is 6.10 Å². The van der Waals surface area contributed by atoms with Gasteiger partial charge in [0.05, 0.1) is 29.4 Å². The van der Waals surface area contributed by atoms with Crippen molar-refractivity contribution in [3.63, 3.8) is 0 Å². The first kappa shape index (κ1) is 18.9. The SMILES string of the molecule is Cc1cncc(-c2cc(Nc3cccc(N4CCC[C@H](O)C4)n3)c(C=N)cn2)n1. The van der Waals surface area contributed by atoms with Crippen molar-refractivity contribution in [1.29, 1.82) is 5.41 Å². The van der Waals surface area contributed by atoms with E-state index >= 15 is 0 Å². The third kappa shape index (κ3) is 4.38. The molecule has 0 spiro atoms. The number of hydrogen-bond acceptors (Lipinski definition) is 8. The molecular weight excluding hydrogens is 366 g/mol. The number of nitrogens with zero attached hydrogens (tertiary/aromatic N) is 5. The quantitative estimate of drug-likeness (QED) is 0.575. The standard InChI is InChI=1S/C21H23N7O/c1-14-10-23-12-19(25-14)18-8-17(15(9-22)11-24-18)26-20-5-2-6-21(27-20)28-7-3-4-16(29)13-28/h2,5-6,8-12,16,22,29H,3-4,7,13H2,1H3,(H,24,26,27)/t16-/m0/s1. The largest absolute Gasteiger partial charge is 0.391 e. The first-order valence-corrected chi connectivity index (χ1v) is 9.59. The molecule has 0 aliphatic carbocycles. The molecule has 0 amide bonds. The van der Waals surface area contributed by atoms with E-state index in [9.17, 15) is 5.11 Å². The van der Waals surface area contributed by atoms with Crippen molar-refractivity contribution < 1.29 is 5.11 Å². The zero-order chi connectivity index (χ0) is 20.2. The van der Waals surface area contributed by atoms with E-state index in [1.165, 1.54) is 6.21 Å². The molecule has 1 aliphatic rings. The zero-order valence-electron chi connectivity index (χ0n) is 16.2. The number of aromatic nitrogens is 4. The van der Waals surface area contributed by atoms with E-state index in [1.54, 1.807) is 18.6 Å². The maximum absolute atomic E-state index is 9.94. The third-order valence-corrected chi connectivity index (χ3v) is 4.83. The molecule has 4 rings (SSSR count). The fourth-order valence-electron chi connectivity index (χ4n) is 3.39. The van der Waals surface area contributed by atoms with E-state index < -0.39 is 0 Å². The van der Waals surface area contributed by atoms with E-state index in [0.717, 1.165) is 36.6 Å². The highest BCUT2D eigenvalue weighted by Crippen LogP contribution is 2.25. The van der Waals surface area contributed by atoms with Crippen LogP contribution in [0.5, 0.6) is 0 Å². The van der Waals surface area contributed by atoms with Gasteiger partial charge in [0.2, 0.25) is 0 Å². The molecule has 0 bridgehead atoms. The normalized spacial score (nSPS) is 16.5. The van der Waals surface area contributed by atoms with Gasteiger partial charge in [-0.25, -0.2) is 9.97 Å². The Kier molecular flexibility index (Phi) is 5.44. The van der Waals surface area contributed by atoms with Gasteiger partial charge in [0.1, 0.15) is 17.3 Å². The molecule has 0 aromatic carbocycles. The second-order valence-electron chi connectivity index (χ2n) is 7.09. The molecule has 1 aliphatic heterocycles. The summed E-state index contributed by atoms with van der Waals surface area (Å²) in [4.78, 5) is 19.9. The van der Waals surface area contributed by atoms with Crippen LogP contribution in [0, 0.1) is 12.3 Å². The van der Waals surface area contributed by atoms with E-state index in [1.807, 2.05) is 31.2 Å². The topological polar surface area (TPSA) is 111 Å². The van der Waals surface area contributed by atoms with E-state index in [0.29, 0.717) is 29.3 Å². The van der Waals surface area contributed by atoms with Crippen LogP contribution in [0.4, 0.5) is 17.3 Å². The van der Waals surface area contributed by atoms with Crippen LogP contribution in [0.3, 0.4) is 0 Å². The van der Waals surface area contributed by atoms with Crippen LogP contribution in [0.25, 0.3) is 11.4 Å². The lowest BCUT2D eigenvalue weighted by Gasteiger charge is -2.31. The Morgan fingerprint density at radius 2 is 2.10 bits per heavy atom. The monoisotopic (exact) mass is 389 g/mol. The van der Waals surface area contributed by atoms with Gasteiger partial charge in [-0.3, -0.25) is 9.97 Å². The number of nitrogens with one attached hydrogen (secondary N) is 2. The van der Waals surface area contributed by atoms with E-state index in [4.69, 9.17) is 10.4 Å². The Labute approximate surface area is 169 Å². The van der Waals surface area contributed by atoms with Gasteiger partial charge in [0.25, 0.3) is 0 Å². The van der Waals surface area contributed by atoms with Gasteiger partial charge >= 0.3 is 0 Å². The molecule has 3 N–H and O–H groups in total. The molecule has 8 heteroatoms. The van der Waals surface area contributed by atoms with Crippen molar-refractivity contribution in [1.82, 2.24) is 19.9 Å². The Morgan fingerprint density at radius 1 is 1.21 bits per heavy atom. The van der Waals surface area contributed by atoms with Gasteiger partial charge in [-0.05, 0) is 38.0 Å². The minimum Gasteiger partial charge on any atom is -0.391 e. The summed E-state index contributed by atoms with van der Waals surface area (Å²) in [6, 6.07) is 7.61. The summed E-state index contributed by atoms with van der Waals surface area (Å²) in [5.74, 6) is 1.49. The molecular formula is C21H23N7O. The van der Waals surface area contributed by atoms with Crippen LogP contribution < -0.4 is 10.2 Å². The fraction of sp³-hybridized carbons (Fsp3) is 0.286. The molecule has 1 saturated heterocycles. The number of hydrogen-bond donors (Lipinski definition) is 3. The van der Waals surface area contributed by atoms with Crippen molar-refractivity contribution in [2.24, 2.45) is 0 Å². The summed E-state index contributed by atoms with van der Waals surface area (Å²) in [6.07, 6.45) is 7.73. The van der Waals surface area contributed by atoms with Crippen molar-refractivity contribution >= 4 is 23.5 Å². The molecule has 29 heavy (non-hydrogen) atoms. The highest BCUT2D eigenvalue weighted by Gasteiger charge is 2.19. The molecule has 8 nitrogen and oxygen atoms in total. The number of pyridine rings is 2. The molecule has 3 aromatic rings. The van der Waals surface area contributed by atoms with E-state index in [2.05, 4.69) is 25.2 Å². The molecule has 1 atom stereocenters. The Hall–Kier alpha value is -3.39. The smallest absolute Gasteiger partial charge is 0.132 e. The molecule has 0 unspecified atom stereocenters. The first-order valence-electron chi connectivity index (χ1n) is 9.59. The minimum atomic E-state index is -0.315. The predicted molar refractivity (Wildman–Crippen MR) is 113 cm³/mol. The Balaban J connectivity index is 1.62. The summed E-state index contributed by atoms with van der Waals surface area (Å²) < 4.78 is 0. The highest BCUT2D eigenvalue weighted by atomic mass is 16.3. The number of aliphatic hydroxyl groups excluding tert-OH is 1. The van der Waals surface area contributed by atoms with Crippen LogP contribution in [0.15, 0.2) is 42.9 Å². The fourth-order valence-corrected chi connectivity index (χ4v) is 3.39. The maximum atomic E-state index is 9.94. The van der Waals surface area contributed by atoms with Crippen LogP contribution in [-0.2, 0) is 0 Å². The van der Waals surface area contributed by atoms with Gasteiger partial charge in [0, 0.05) is 37.3 Å². The molecule has 148 valence electrons. The Bertz CT molecular complexity index is 1020. The summed E-state index contributed by atoms with van der Waals surface area (Å²) in [5.41, 5.74) is 3.53. The first-order chi connectivity index (χ1) is 14.1. The zero-order valence-corrected chi connectivity index (χ0v) is 16.2. The number of β-amino-alcohol motifs (C(OH)–C–C–N with tert-alkyl or cyclic N) is 1. The summed E-state index contributed by atoms with van der Waals surface area (Å²) in [7, 11) is 0. The van der Waals surface area contributed by atoms with Crippen molar-refractivity contribution in [3.05, 3.63) is 54.1 Å². The summed E-state index contributed by atoms with van der Waals surface area (Å²) >= 11 is 0. The molecule has 0 saturated carbocycles. The van der Waals surface area contributed by atoms with Crippen molar-refractivity contribution in [3.8, 4) is 11.4 Å². The molecule has 0 radical (unpaired) electrons. The van der Waals surface area contributed by atoms with Crippen LogP contribution >= 0.6 is 0 Å². The summed E-state index contributed by atoms with van der Waals surface area (Å²) in [5, 5.41) is 20.9. The van der Waals surface area contributed by atoms with Gasteiger partial charge in [-0.2, -0.15) is 0 Å². The number of anilines is 3. The average molecular weight is 389 g/mol. The van der Waals surface area contributed by atoms with Gasteiger partial charge < -0.3 is 20.7 Å². The molecule has 3 aromatic heterocycles. The predicted octanol–water partition coefficient (Wildman–Crippen LogP) is 2.94.